The Kier molecular flexibility index (Phi) is 6.13. The number of fused-ring (bicyclic) bond motifs is 4. The quantitative estimate of drug-likeness (QED) is 0.770. The van der Waals surface area contributed by atoms with Gasteiger partial charge in [0.2, 0.25) is 5.91 Å². The van der Waals surface area contributed by atoms with Crippen LogP contribution in [0.1, 0.15) is 77.3 Å². The molecule has 0 aromatic carbocycles. The van der Waals surface area contributed by atoms with Crippen LogP contribution < -0.4 is 16.2 Å². The van der Waals surface area contributed by atoms with Crippen molar-refractivity contribution in [2.75, 3.05) is 18.4 Å². The van der Waals surface area contributed by atoms with Crippen LogP contribution in [0.4, 0.5) is 10.5 Å². The zero-order valence-electron chi connectivity index (χ0n) is 19.1. The van der Waals surface area contributed by atoms with Gasteiger partial charge in [0.1, 0.15) is 5.69 Å². The molecule has 4 rings (SSSR count). The Morgan fingerprint density at radius 1 is 1.06 bits per heavy atom. The molecule has 2 bridgehead atoms. The normalized spacial score (nSPS) is 23.8. The number of piperidine rings is 1. The first kappa shape index (κ1) is 21.9. The number of amides is 3. The number of urea groups is 1. The first-order chi connectivity index (χ1) is 14.7. The molecule has 0 radical (unpaired) electrons. The van der Waals surface area contributed by atoms with Crippen LogP contribution in [0.5, 0.6) is 0 Å². The van der Waals surface area contributed by atoms with E-state index in [1.807, 2.05) is 15.5 Å². The van der Waals surface area contributed by atoms with Gasteiger partial charge in [0.15, 0.2) is 0 Å². The fourth-order valence-corrected chi connectivity index (χ4v) is 5.40. The Balaban J connectivity index is 1.45. The van der Waals surface area contributed by atoms with Crippen molar-refractivity contribution in [3.8, 4) is 0 Å². The number of likely N-dealkylation sites (tertiary alicyclic amines) is 1. The summed E-state index contributed by atoms with van der Waals surface area (Å²) in [5.74, 6) is 0.657. The van der Waals surface area contributed by atoms with E-state index in [-0.39, 0.29) is 40.8 Å². The lowest BCUT2D eigenvalue weighted by atomic mass is 9.82. The topological polar surface area (TPSA) is 83.4 Å². The predicted molar refractivity (Wildman–Crippen MR) is 121 cm³/mol. The maximum Gasteiger partial charge on any atom is 0.319 e. The molecule has 2 fully saturated rings. The van der Waals surface area contributed by atoms with Crippen LogP contribution >= 0.6 is 0 Å². The maximum atomic E-state index is 13.1. The van der Waals surface area contributed by atoms with E-state index in [1.165, 1.54) is 6.42 Å². The molecule has 3 heterocycles. The lowest BCUT2D eigenvalue weighted by molar-refractivity contribution is -0.135. The third kappa shape index (κ3) is 5.13. The highest BCUT2D eigenvalue weighted by Gasteiger charge is 2.37. The summed E-state index contributed by atoms with van der Waals surface area (Å²) in [6, 6.07) is 3.59. The SMILES string of the molecule is CC(C)(C)CC(=O)N1CC2CC(C1)c1ccc(NC(=O)NC3CCCCC3)c(=O)n1C2. The first-order valence-electron chi connectivity index (χ1n) is 11.8. The number of pyridine rings is 1. The third-order valence-electron chi connectivity index (χ3n) is 6.83. The number of nitrogens with zero attached hydrogens (tertiary/aromatic N) is 2. The summed E-state index contributed by atoms with van der Waals surface area (Å²) in [5, 5.41) is 5.79. The number of nitrogens with one attached hydrogen (secondary N) is 2. The molecule has 2 N–H and O–H groups in total. The first-order valence-corrected chi connectivity index (χ1v) is 11.8. The molecule has 7 heteroatoms. The van der Waals surface area contributed by atoms with Crippen LogP contribution in [0.3, 0.4) is 0 Å². The zero-order chi connectivity index (χ0) is 22.2. The number of anilines is 1. The van der Waals surface area contributed by atoms with E-state index in [0.717, 1.165) is 37.8 Å². The zero-order valence-corrected chi connectivity index (χ0v) is 19.1. The standard InChI is InChI=1S/C24H36N4O3/c1-24(2,3)12-21(29)27-13-16-11-17(15-27)20-10-9-19(22(30)28(20)14-16)26-23(31)25-18-7-5-4-6-8-18/h9-10,16-18H,4-8,11-15H2,1-3H3,(H2,25,26,31). The van der Waals surface area contributed by atoms with Crippen molar-refractivity contribution in [2.45, 2.75) is 84.2 Å². The molecule has 3 amide bonds. The molecule has 2 atom stereocenters. The minimum Gasteiger partial charge on any atom is -0.342 e. The Hall–Kier alpha value is -2.31. The number of aromatic nitrogens is 1. The molecule has 2 unspecified atom stereocenters. The summed E-state index contributed by atoms with van der Waals surface area (Å²) >= 11 is 0. The van der Waals surface area contributed by atoms with Crippen molar-refractivity contribution in [1.29, 1.82) is 0 Å². The second kappa shape index (κ2) is 8.67. The van der Waals surface area contributed by atoms with Gasteiger partial charge >= 0.3 is 6.03 Å². The van der Waals surface area contributed by atoms with E-state index in [2.05, 4.69) is 31.4 Å². The molecule has 1 aromatic rings. The fourth-order valence-electron chi connectivity index (χ4n) is 5.40. The predicted octanol–water partition coefficient (Wildman–Crippen LogP) is 3.68. The van der Waals surface area contributed by atoms with E-state index in [9.17, 15) is 14.4 Å². The van der Waals surface area contributed by atoms with Crippen LogP contribution in [0, 0.1) is 11.3 Å². The van der Waals surface area contributed by atoms with E-state index in [0.29, 0.717) is 31.7 Å². The van der Waals surface area contributed by atoms with Crippen LogP contribution in [0.25, 0.3) is 0 Å². The van der Waals surface area contributed by atoms with Gasteiger partial charge in [0, 0.05) is 43.7 Å². The summed E-state index contributed by atoms with van der Waals surface area (Å²) in [4.78, 5) is 40.3. The summed E-state index contributed by atoms with van der Waals surface area (Å²) in [6.07, 6.45) is 7.07. The highest BCUT2D eigenvalue weighted by molar-refractivity contribution is 5.89. The van der Waals surface area contributed by atoms with Gasteiger partial charge in [-0.1, -0.05) is 40.0 Å². The second-order valence-electron chi connectivity index (χ2n) is 10.9. The average molecular weight is 429 g/mol. The van der Waals surface area contributed by atoms with Gasteiger partial charge in [0.05, 0.1) is 0 Å². The van der Waals surface area contributed by atoms with Gasteiger partial charge in [-0.3, -0.25) is 9.59 Å². The van der Waals surface area contributed by atoms with Gasteiger partial charge in [0.25, 0.3) is 5.56 Å². The molecule has 1 saturated heterocycles. The summed E-state index contributed by atoms with van der Waals surface area (Å²) in [5.41, 5.74) is 1.14. The molecule has 31 heavy (non-hydrogen) atoms. The van der Waals surface area contributed by atoms with Crippen LogP contribution in [-0.2, 0) is 11.3 Å². The van der Waals surface area contributed by atoms with Crippen molar-refractivity contribution in [3.63, 3.8) is 0 Å². The van der Waals surface area contributed by atoms with E-state index in [1.54, 1.807) is 6.07 Å². The highest BCUT2D eigenvalue weighted by atomic mass is 16.2. The second-order valence-corrected chi connectivity index (χ2v) is 10.9. The van der Waals surface area contributed by atoms with Gasteiger partial charge in [-0.05, 0) is 42.7 Å². The molecule has 1 aromatic heterocycles. The van der Waals surface area contributed by atoms with Crippen LogP contribution in [-0.4, -0.2) is 40.5 Å². The molecule has 3 aliphatic rings. The van der Waals surface area contributed by atoms with Crippen molar-refractivity contribution in [1.82, 2.24) is 14.8 Å². The van der Waals surface area contributed by atoms with Gasteiger partial charge in [-0.15, -0.1) is 0 Å². The molecule has 0 spiro atoms. The van der Waals surface area contributed by atoms with Crippen molar-refractivity contribution < 1.29 is 9.59 Å². The summed E-state index contributed by atoms with van der Waals surface area (Å²) in [7, 11) is 0. The highest BCUT2D eigenvalue weighted by Crippen LogP contribution is 2.36. The number of carbonyl (C=O) groups excluding carboxylic acids is 2. The molecule has 1 aliphatic carbocycles. The summed E-state index contributed by atoms with van der Waals surface area (Å²) < 4.78 is 1.82. The Bertz CT molecular complexity index is 895. The number of carbonyl (C=O) groups is 2. The van der Waals surface area contributed by atoms with Crippen LogP contribution in [0.2, 0.25) is 0 Å². The van der Waals surface area contributed by atoms with Crippen molar-refractivity contribution in [3.05, 3.63) is 28.2 Å². The average Bonchev–Trinajstić information content (AvgIpc) is 2.70. The maximum absolute atomic E-state index is 13.1. The lowest BCUT2D eigenvalue weighted by Crippen LogP contribution is -2.50. The van der Waals surface area contributed by atoms with E-state index >= 15 is 0 Å². The molecule has 2 aliphatic heterocycles. The van der Waals surface area contributed by atoms with Crippen LogP contribution in [0.15, 0.2) is 16.9 Å². The number of hydrogen-bond donors (Lipinski definition) is 2. The largest absolute Gasteiger partial charge is 0.342 e. The molecule has 1 saturated carbocycles. The molecule has 7 nitrogen and oxygen atoms in total. The Labute approximate surface area is 184 Å². The smallest absolute Gasteiger partial charge is 0.319 e. The monoisotopic (exact) mass is 428 g/mol. The Morgan fingerprint density at radius 2 is 1.81 bits per heavy atom. The molecular weight excluding hydrogens is 392 g/mol. The van der Waals surface area contributed by atoms with E-state index < -0.39 is 0 Å². The molecule has 170 valence electrons. The Morgan fingerprint density at radius 3 is 2.52 bits per heavy atom. The van der Waals surface area contributed by atoms with Gasteiger partial charge < -0.3 is 20.1 Å². The van der Waals surface area contributed by atoms with E-state index in [4.69, 9.17) is 0 Å². The van der Waals surface area contributed by atoms with Crippen molar-refractivity contribution >= 4 is 17.6 Å². The minimum absolute atomic E-state index is 0.0305. The number of rotatable bonds is 3. The van der Waals surface area contributed by atoms with Gasteiger partial charge in [-0.25, -0.2) is 4.79 Å². The van der Waals surface area contributed by atoms with Crippen molar-refractivity contribution in [2.24, 2.45) is 11.3 Å². The lowest BCUT2D eigenvalue weighted by Gasteiger charge is -2.43. The summed E-state index contributed by atoms with van der Waals surface area (Å²) in [6.45, 7) is 8.23. The molecular formula is C24H36N4O3. The fraction of sp³-hybridized carbons (Fsp3) is 0.708. The minimum atomic E-state index is -0.292. The third-order valence-corrected chi connectivity index (χ3v) is 6.83. The van der Waals surface area contributed by atoms with Gasteiger partial charge in [-0.2, -0.15) is 0 Å². The number of hydrogen-bond acceptors (Lipinski definition) is 3.